The van der Waals surface area contributed by atoms with Gasteiger partial charge in [0.25, 0.3) is 0 Å². The second-order valence-electron chi connectivity index (χ2n) is 5.86. The fraction of sp³-hybridized carbons (Fsp3) is 0.381. The van der Waals surface area contributed by atoms with Gasteiger partial charge in [0.1, 0.15) is 11.5 Å². The lowest BCUT2D eigenvalue weighted by atomic mass is 10.0. The Kier molecular flexibility index (Phi) is 7.34. The standard InChI is InChI=1S/C21H24O6/c1-4-18(22)16-12-15(27-19(16)14-10-8-7-9-11-14)13-17(20(23)25-5-2)21(24)26-6-3/h7-12,17H,4-6,13H2,1-3H3. The van der Waals surface area contributed by atoms with Gasteiger partial charge in [0.2, 0.25) is 0 Å². The van der Waals surface area contributed by atoms with Crippen molar-refractivity contribution in [3.8, 4) is 11.3 Å². The zero-order valence-electron chi connectivity index (χ0n) is 15.8. The number of Topliss-reactive ketones (excluding diaryl/α,β-unsaturated/α-hetero) is 1. The molecule has 27 heavy (non-hydrogen) atoms. The number of carbonyl (C=O) groups is 3. The van der Waals surface area contributed by atoms with Crippen LogP contribution in [0.4, 0.5) is 0 Å². The maximum absolute atomic E-state index is 12.3. The summed E-state index contributed by atoms with van der Waals surface area (Å²) >= 11 is 0. The third-order valence-electron chi connectivity index (χ3n) is 3.99. The van der Waals surface area contributed by atoms with Crippen molar-refractivity contribution in [2.24, 2.45) is 5.92 Å². The largest absolute Gasteiger partial charge is 0.465 e. The van der Waals surface area contributed by atoms with E-state index in [2.05, 4.69) is 0 Å². The van der Waals surface area contributed by atoms with E-state index < -0.39 is 17.9 Å². The zero-order valence-corrected chi connectivity index (χ0v) is 15.8. The van der Waals surface area contributed by atoms with E-state index in [0.717, 1.165) is 5.56 Å². The summed E-state index contributed by atoms with van der Waals surface area (Å²) in [7, 11) is 0. The summed E-state index contributed by atoms with van der Waals surface area (Å²) in [5.41, 5.74) is 1.19. The third-order valence-corrected chi connectivity index (χ3v) is 3.99. The predicted octanol–water partition coefficient (Wildman–Crippen LogP) is 3.82. The van der Waals surface area contributed by atoms with Gasteiger partial charge in [0, 0.05) is 18.4 Å². The van der Waals surface area contributed by atoms with Crippen molar-refractivity contribution in [3.05, 3.63) is 47.7 Å². The van der Waals surface area contributed by atoms with Crippen LogP contribution in [-0.2, 0) is 25.5 Å². The molecular formula is C21H24O6. The number of benzene rings is 1. The molecule has 2 aromatic rings. The highest BCUT2D eigenvalue weighted by atomic mass is 16.6. The van der Waals surface area contributed by atoms with Crippen LogP contribution in [0.25, 0.3) is 11.3 Å². The third kappa shape index (κ3) is 5.06. The monoisotopic (exact) mass is 372 g/mol. The topological polar surface area (TPSA) is 82.8 Å². The smallest absolute Gasteiger partial charge is 0.320 e. The first-order chi connectivity index (χ1) is 13.0. The van der Waals surface area contributed by atoms with Crippen molar-refractivity contribution in [2.75, 3.05) is 13.2 Å². The SMILES string of the molecule is CCOC(=O)C(Cc1cc(C(=O)CC)c(-c2ccccc2)o1)C(=O)OCC. The molecule has 0 aliphatic carbocycles. The number of esters is 2. The van der Waals surface area contributed by atoms with E-state index >= 15 is 0 Å². The maximum Gasteiger partial charge on any atom is 0.320 e. The summed E-state index contributed by atoms with van der Waals surface area (Å²) in [6.45, 7) is 5.41. The van der Waals surface area contributed by atoms with Gasteiger partial charge in [-0.25, -0.2) is 0 Å². The summed E-state index contributed by atoms with van der Waals surface area (Å²) < 4.78 is 15.8. The van der Waals surface area contributed by atoms with Crippen LogP contribution in [0.1, 0.15) is 43.3 Å². The highest BCUT2D eigenvalue weighted by Crippen LogP contribution is 2.30. The fourth-order valence-corrected chi connectivity index (χ4v) is 2.69. The van der Waals surface area contributed by atoms with Crippen LogP contribution < -0.4 is 0 Å². The van der Waals surface area contributed by atoms with Gasteiger partial charge in [0.15, 0.2) is 11.7 Å². The Balaban J connectivity index is 2.38. The number of ether oxygens (including phenoxy) is 2. The van der Waals surface area contributed by atoms with E-state index in [0.29, 0.717) is 23.5 Å². The van der Waals surface area contributed by atoms with E-state index in [9.17, 15) is 14.4 Å². The van der Waals surface area contributed by atoms with Crippen molar-refractivity contribution < 1.29 is 28.3 Å². The highest BCUT2D eigenvalue weighted by molar-refractivity contribution is 6.01. The van der Waals surface area contributed by atoms with Crippen molar-refractivity contribution in [2.45, 2.75) is 33.6 Å². The summed E-state index contributed by atoms with van der Waals surface area (Å²) in [5, 5.41) is 0. The van der Waals surface area contributed by atoms with Crippen LogP contribution in [0.15, 0.2) is 40.8 Å². The second kappa shape index (κ2) is 9.71. The van der Waals surface area contributed by atoms with Gasteiger partial charge in [-0.1, -0.05) is 37.3 Å². The number of rotatable bonds is 9. The molecule has 0 saturated heterocycles. The molecule has 6 heteroatoms. The molecule has 0 fully saturated rings. The normalized spacial score (nSPS) is 10.7. The molecule has 0 amide bonds. The zero-order chi connectivity index (χ0) is 19.8. The molecule has 1 heterocycles. The molecule has 0 bridgehead atoms. The second-order valence-corrected chi connectivity index (χ2v) is 5.86. The van der Waals surface area contributed by atoms with Gasteiger partial charge in [-0.15, -0.1) is 0 Å². The first kappa shape index (κ1) is 20.4. The quantitative estimate of drug-likeness (QED) is 0.378. The maximum atomic E-state index is 12.3. The molecule has 144 valence electrons. The van der Waals surface area contributed by atoms with E-state index in [1.54, 1.807) is 26.8 Å². The van der Waals surface area contributed by atoms with E-state index in [1.807, 2.05) is 30.3 Å². The summed E-state index contributed by atoms with van der Waals surface area (Å²) in [6, 6.07) is 10.8. The lowest BCUT2D eigenvalue weighted by Gasteiger charge is -2.13. The number of hydrogen-bond acceptors (Lipinski definition) is 6. The molecule has 0 radical (unpaired) electrons. The molecular weight excluding hydrogens is 348 g/mol. The number of carbonyl (C=O) groups excluding carboxylic acids is 3. The summed E-state index contributed by atoms with van der Waals surface area (Å²) in [4.78, 5) is 36.7. The van der Waals surface area contributed by atoms with Gasteiger partial charge >= 0.3 is 11.9 Å². The van der Waals surface area contributed by atoms with Crippen LogP contribution in [0.5, 0.6) is 0 Å². The van der Waals surface area contributed by atoms with Crippen molar-refractivity contribution in [1.82, 2.24) is 0 Å². The van der Waals surface area contributed by atoms with Crippen LogP contribution in [-0.4, -0.2) is 30.9 Å². The van der Waals surface area contributed by atoms with Crippen molar-refractivity contribution >= 4 is 17.7 Å². The average Bonchev–Trinajstić information content (AvgIpc) is 3.10. The Bertz CT molecular complexity index is 772. The minimum Gasteiger partial charge on any atom is -0.465 e. The number of hydrogen-bond donors (Lipinski definition) is 0. The summed E-state index contributed by atoms with van der Waals surface area (Å²) in [5.74, 6) is -1.76. The molecule has 1 aromatic heterocycles. The van der Waals surface area contributed by atoms with Crippen molar-refractivity contribution in [1.29, 1.82) is 0 Å². The molecule has 0 aliphatic rings. The van der Waals surface area contributed by atoms with E-state index in [-0.39, 0.29) is 25.4 Å². The molecule has 0 atom stereocenters. The Labute approximate surface area is 158 Å². The Morgan fingerprint density at radius 3 is 2.07 bits per heavy atom. The Hall–Kier alpha value is -2.89. The van der Waals surface area contributed by atoms with E-state index in [4.69, 9.17) is 13.9 Å². The molecule has 0 unspecified atom stereocenters. The molecule has 0 spiro atoms. The van der Waals surface area contributed by atoms with Gasteiger partial charge < -0.3 is 13.9 Å². The Morgan fingerprint density at radius 1 is 0.963 bits per heavy atom. The average molecular weight is 372 g/mol. The van der Waals surface area contributed by atoms with Crippen LogP contribution in [0.3, 0.4) is 0 Å². The minimum atomic E-state index is -1.13. The van der Waals surface area contributed by atoms with Crippen molar-refractivity contribution in [3.63, 3.8) is 0 Å². The van der Waals surface area contributed by atoms with Gasteiger partial charge in [-0.3, -0.25) is 14.4 Å². The Morgan fingerprint density at radius 2 is 1.56 bits per heavy atom. The van der Waals surface area contributed by atoms with Crippen LogP contribution in [0, 0.1) is 5.92 Å². The lowest BCUT2D eigenvalue weighted by molar-refractivity contribution is -0.161. The van der Waals surface area contributed by atoms with Gasteiger partial charge in [-0.2, -0.15) is 0 Å². The molecule has 1 aromatic carbocycles. The molecule has 0 saturated carbocycles. The lowest BCUT2D eigenvalue weighted by Crippen LogP contribution is -2.29. The van der Waals surface area contributed by atoms with Crippen LogP contribution in [0.2, 0.25) is 0 Å². The highest BCUT2D eigenvalue weighted by Gasteiger charge is 2.32. The van der Waals surface area contributed by atoms with Gasteiger partial charge in [0.05, 0.1) is 18.8 Å². The minimum absolute atomic E-state index is 0.0332. The number of ketones is 1. The van der Waals surface area contributed by atoms with Crippen LogP contribution >= 0.6 is 0 Å². The molecule has 0 N–H and O–H groups in total. The molecule has 6 nitrogen and oxygen atoms in total. The first-order valence-corrected chi connectivity index (χ1v) is 9.06. The predicted molar refractivity (Wildman–Crippen MR) is 99.2 cm³/mol. The molecule has 2 rings (SSSR count). The molecule has 0 aliphatic heterocycles. The summed E-state index contributed by atoms with van der Waals surface area (Å²) in [6.07, 6.45) is 0.284. The van der Waals surface area contributed by atoms with E-state index in [1.165, 1.54) is 0 Å². The first-order valence-electron chi connectivity index (χ1n) is 9.06. The fourth-order valence-electron chi connectivity index (χ4n) is 2.69. The number of furan rings is 1. The van der Waals surface area contributed by atoms with Gasteiger partial charge in [-0.05, 0) is 19.9 Å².